The van der Waals surface area contributed by atoms with E-state index in [0.717, 1.165) is 16.3 Å². The molecule has 100 valence electrons. The summed E-state index contributed by atoms with van der Waals surface area (Å²) in [7, 11) is 0. The molecule has 2 heterocycles. The fraction of sp³-hybridized carbons (Fsp3) is 0.357. The van der Waals surface area contributed by atoms with E-state index in [4.69, 9.17) is 4.74 Å². The van der Waals surface area contributed by atoms with Gasteiger partial charge in [0.05, 0.1) is 12.3 Å². The minimum Gasteiger partial charge on any atom is -0.465 e. The second-order valence-electron chi connectivity index (χ2n) is 4.63. The van der Waals surface area contributed by atoms with Crippen LogP contribution in [0.2, 0.25) is 0 Å². The van der Waals surface area contributed by atoms with Crippen LogP contribution in [0.5, 0.6) is 0 Å². The highest BCUT2D eigenvalue weighted by Gasteiger charge is 2.33. The summed E-state index contributed by atoms with van der Waals surface area (Å²) in [4.78, 5) is 20.5. The molecule has 0 aliphatic heterocycles. The minimum absolute atomic E-state index is 0.252. The molecule has 2 rings (SSSR count). The Morgan fingerprint density at radius 2 is 2.26 bits per heavy atom. The van der Waals surface area contributed by atoms with Gasteiger partial charge in [-0.1, -0.05) is 0 Å². The lowest BCUT2D eigenvalue weighted by Crippen LogP contribution is -2.31. The van der Waals surface area contributed by atoms with Crippen LogP contribution in [-0.4, -0.2) is 22.5 Å². The van der Waals surface area contributed by atoms with E-state index in [1.807, 2.05) is 31.4 Å². The van der Waals surface area contributed by atoms with Gasteiger partial charge < -0.3 is 4.74 Å². The van der Waals surface area contributed by atoms with Crippen LogP contribution in [0, 0.1) is 0 Å². The van der Waals surface area contributed by atoms with Crippen molar-refractivity contribution >= 4 is 17.3 Å². The van der Waals surface area contributed by atoms with E-state index < -0.39 is 5.41 Å². The third-order valence-electron chi connectivity index (χ3n) is 2.84. The average molecular weight is 276 g/mol. The Balaban J connectivity index is 2.28. The van der Waals surface area contributed by atoms with Gasteiger partial charge in [-0.15, -0.1) is 11.3 Å². The fourth-order valence-electron chi connectivity index (χ4n) is 1.60. The molecular weight excluding hydrogens is 260 g/mol. The molecule has 0 saturated heterocycles. The minimum atomic E-state index is -0.729. The van der Waals surface area contributed by atoms with Gasteiger partial charge in [-0.05, 0) is 32.9 Å². The predicted molar refractivity (Wildman–Crippen MR) is 75.0 cm³/mol. The van der Waals surface area contributed by atoms with Crippen molar-refractivity contribution in [1.29, 1.82) is 0 Å². The first-order chi connectivity index (χ1) is 9.05. The maximum atomic E-state index is 11.9. The molecule has 0 N–H and O–H groups in total. The zero-order valence-corrected chi connectivity index (χ0v) is 12.0. The first kappa shape index (κ1) is 13.7. The van der Waals surface area contributed by atoms with Gasteiger partial charge in [-0.25, -0.2) is 4.98 Å². The topological polar surface area (TPSA) is 52.1 Å². The summed E-state index contributed by atoms with van der Waals surface area (Å²) in [6.07, 6.45) is 3.49. The van der Waals surface area contributed by atoms with Crippen molar-refractivity contribution in [2.24, 2.45) is 0 Å². The van der Waals surface area contributed by atoms with Crippen LogP contribution in [0.25, 0.3) is 10.6 Å². The normalized spacial score (nSPS) is 11.3. The summed E-state index contributed by atoms with van der Waals surface area (Å²) in [5.74, 6) is -0.252. The Hall–Kier alpha value is -1.75. The van der Waals surface area contributed by atoms with E-state index in [-0.39, 0.29) is 5.97 Å². The maximum absolute atomic E-state index is 11.9. The number of nitrogens with zero attached hydrogens (tertiary/aromatic N) is 2. The molecule has 2 aromatic heterocycles. The summed E-state index contributed by atoms with van der Waals surface area (Å²) in [5.41, 5.74) is 0.959. The zero-order chi connectivity index (χ0) is 13.9. The molecule has 0 amide bonds. The Morgan fingerprint density at radius 3 is 2.89 bits per heavy atom. The first-order valence-electron chi connectivity index (χ1n) is 6.09. The summed E-state index contributed by atoms with van der Waals surface area (Å²) in [5, 5.41) is 2.76. The van der Waals surface area contributed by atoms with Crippen LogP contribution in [0.4, 0.5) is 0 Å². The van der Waals surface area contributed by atoms with E-state index in [2.05, 4.69) is 9.97 Å². The van der Waals surface area contributed by atoms with Crippen molar-refractivity contribution in [1.82, 2.24) is 9.97 Å². The van der Waals surface area contributed by atoms with Gasteiger partial charge >= 0.3 is 5.97 Å². The monoisotopic (exact) mass is 276 g/mol. The molecule has 4 nitrogen and oxygen atoms in total. The molecule has 0 spiro atoms. The fourth-order valence-corrected chi connectivity index (χ4v) is 2.58. The molecule has 0 atom stereocenters. The molecule has 2 aromatic rings. The van der Waals surface area contributed by atoms with Gasteiger partial charge in [0, 0.05) is 23.3 Å². The van der Waals surface area contributed by atoms with Crippen molar-refractivity contribution < 1.29 is 9.53 Å². The highest BCUT2D eigenvalue weighted by Crippen LogP contribution is 2.30. The standard InChI is InChI=1S/C14H16N2O2S/c1-4-18-13(17)14(2,3)11-9-19-12(16-11)10-6-5-7-15-8-10/h5-9H,4H2,1-3H3. The number of thiazole rings is 1. The third kappa shape index (κ3) is 2.81. The molecule has 0 bridgehead atoms. The van der Waals surface area contributed by atoms with Crippen molar-refractivity contribution in [2.75, 3.05) is 6.61 Å². The predicted octanol–water partition coefficient (Wildman–Crippen LogP) is 3.05. The lowest BCUT2D eigenvalue weighted by molar-refractivity contribution is -0.148. The lowest BCUT2D eigenvalue weighted by Gasteiger charge is -2.19. The summed E-state index contributed by atoms with van der Waals surface area (Å²) < 4.78 is 5.09. The zero-order valence-electron chi connectivity index (χ0n) is 11.2. The molecule has 0 saturated carbocycles. The van der Waals surface area contributed by atoms with Crippen molar-refractivity contribution in [2.45, 2.75) is 26.2 Å². The van der Waals surface area contributed by atoms with Crippen LogP contribution in [0.15, 0.2) is 29.9 Å². The van der Waals surface area contributed by atoms with Gasteiger partial charge in [0.1, 0.15) is 10.4 Å². The van der Waals surface area contributed by atoms with Gasteiger partial charge in [0.15, 0.2) is 0 Å². The summed E-state index contributed by atoms with van der Waals surface area (Å²) >= 11 is 1.51. The van der Waals surface area contributed by atoms with Crippen LogP contribution in [-0.2, 0) is 14.9 Å². The largest absolute Gasteiger partial charge is 0.465 e. The van der Waals surface area contributed by atoms with Crippen molar-refractivity contribution in [3.8, 4) is 10.6 Å². The molecule has 0 fully saturated rings. The molecule has 0 aromatic carbocycles. The first-order valence-corrected chi connectivity index (χ1v) is 6.97. The lowest BCUT2D eigenvalue weighted by atomic mass is 9.90. The molecule has 5 heteroatoms. The van der Waals surface area contributed by atoms with Gasteiger partial charge in [-0.2, -0.15) is 0 Å². The number of hydrogen-bond donors (Lipinski definition) is 0. The molecular formula is C14H16N2O2S. The smallest absolute Gasteiger partial charge is 0.317 e. The number of carbonyl (C=O) groups excluding carboxylic acids is 1. The number of hydrogen-bond acceptors (Lipinski definition) is 5. The maximum Gasteiger partial charge on any atom is 0.317 e. The van der Waals surface area contributed by atoms with Crippen LogP contribution in [0.3, 0.4) is 0 Å². The molecule has 0 aliphatic carbocycles. The van der Waals surface area contributed by atoms with E-state index in [9.17, 15) is 4.79 Å². The van der Waals surface area contributed by atoms with E-state index in [1.54, 1.807) is 19.3 Å². The van der Waals surface area contributed by atoms with E-state index >= 15 is 0 Å². The van der Waals surface area contributed by atoms with Crippen LogP contribution < -0.4 is 0 Å². The molecule has 0 unspecified atom stereocenters. The molecule has 0 radical (unpaired) electrons. The Kier molecular flexibility index (Phi) is 3.95. The van der Waals surface area contributed by atoms with E-state index in [0.29, 0.717) is 6.61 Å². The number of aromatic nitrogens is 2. The summed E-state index contributed by atoms with van der Waals surface area (Å²) in [6, 6.07) is 3.82. The molecule has 0 aliphatic rings. The van der Waals surface area contributed by atoms with E-state index in [1.165, 1.54) is 11.3 Å². The van der Waals surface area contributed by atoms with Gasteiger partial charge in [-0.3, -0.25) is 9.78 Å². The SMILES string of the molecule is CCOC(=O)C(C)(C)c1csc(-c2cccnc2)n1. The Morgan fingerprint density at radius 1 is 1.47 bits per heavy atom. The van der Waals surface area contributed by atoms with Gasteiger partial charge in [0.2, 0.25) is 0 Å². The number of rotatable bonds is 4. The highest BCUT2D eigenvalue weighted by atomic mass is 32.1. The van der Waals surface area contributed by atoms with Crippen LogP contribution in [0.1, 0.15) is 26.5 Å². The van der Waals surface area contributed by atoms with Crippen molar-refractivity contribution in [3.05, 3.63) is 35.6 Å². The third-order valence-corrected chi connectivity index (χ3v) is 3.73. The second-order valence-corrected chi connectivity index (χ2v) is 5.48. The summed E-state index contributed by atoms with van der Waals surface area (Å²) in [6.45, 7) is 5.83. The quantitative estimate of drug-likeness (QED) is 0.805. The van der Waals surface area contributed by atoms with Crippen molar-refractivity contribution in [3.63, 3.8) is 0 Å². The number of carbonyl (C=O) groups is 1. The Labute approximate surface area is 116 Å². The van der Waals surface area contributed by atoms with Crippen LogP contribution >= 0.6 is 11.3 Å². The number of esters is 1. The second kappa shape index (κ2) is 5.48. The van der Waals surface area contributed by atoms with Gasteiger partial charge in [0.25, 0.3) is 0 Å². The number of ether oxygens (including phenoxy) is 1. The molecule has 19 heavy (non-hydrogen) atoms. The highest BCUT2D eigenvalue weighted by molar-refractivity contribution is 7.13. The number of pyridine rings is 1. The Bertz CT molecular complexity index is 564. The average Bonchev–Trinajstić information content (AvgIpc) is 2.90.